The summed E-state index contributed by atoms with van der Waals surface area (Å²) in [5.74, 6) is 0.622. The van der Waals surface area contributed by atoms with Gasteiger partial charge in [-0.1, -0.05) is 20.8 Å². The third kappa shape index (κ3) is 10.4. The predicted octanol–water partition coefficient (Wildman–Crippen LogP) is 2.19. The smallest absolute Gasteiger partial charge is 0.00513 e. The molecule has 0 saturated carbocycles. The Morgan fingerprint density at radius 1 is 1.15 bits per heavy atom. The molecule has 0 aromatic carbocycles. The minimum atomic E-state index is 0. The van der Waals surface area contributed by atoms with Crippen molar-refractivity contribution in [3.63, 3.8) is 0 Å². The maximum atomic E-state index is 5.54. The first-order valence-corrected chi connectivity index (χ1v) is 4.42. The molecule has 0 aromatic rings. The van der Waals surface area contributed by atoms with Gasteiger partial charge in [0.25, 0.3) is 0 Å². The van der Waals surface area contributed by atoms with Crippen LogP contribution in [0.15, 0.2) is 0 Å². The molecule has 0 aliphatic carbocycles. The van der Waals surface area contributed by atoms with Crippen LogP contribution in [0.2, 0.25) is 0 Å². The van der Waals surface area contributed by atoms with E-state index in [2.05, 4.69) is 20.8 Å². The largest absolute Gasteiger partial charge is 0.330 e. The maximum Gasteiger partial charge on any atom is -0.00513 e. The van der Waals surface area contributed by atoms with Crippen LogP contribution in [0, 0.1) is 11.3 Å². The molecule has 13 heavy (non-hydrogen) atoms. The molecule has 0 heterocycles. The molecule has 0 aliphatic heterocycles. The third-order valence-electron chi connectivity index (χ3n) is 2.12. The molecule has 0 rings (SSSR count). The SMILES string of the molecule is CC(CN)CC(C)(C)CCN.Cl.Cl. The molecule has 84 valence electrons. The minimum absolute atomic E-state index is 0. The Labute approximate surface area is 94.6 Å². The van der Waals surface area contributed by atoms with Gasteiger partial charge in [-0.25, -0.2) is 0 Å². The zero-order valence-electron chi connectivity index (χ0n) is 8.88. The number of rotatable bonds is 5. The van der Waals surface area contributed by atoms with E-state index in [0.29, 0.717) is 11.3 Å². The van der Waals surface area contributed by atoms with Gasteiger partial charge in [-0.15, -0.1) is 24.8 Å². The topological polar surface area (TPSA) is 52.0 Å². The molecule has 1 unspecified atom stereocenters. The lowest BCUT2D eigenvalue weighted by Crippen LogP contribution is -2.23. The third-order valence-corrected chi connectivity index (χ3v) is 2.12. The number of nitrogens with two attached hydrogens (primary N) is 2. The van der Waals surface area contributed by atoms with Crippen molar-refractivity contribution in [2.24, 2.45) is 22.8 Å². The summed E-state index contributed by atoms with van der Waals surface area (Å²) in [4.78, 5) is 0. The van der Waals surface area contributed by atoms with Crippen molar-refractivity contribution in [2.45, 2.75) is 33.6 Å². The van der Waals surface area contributed by atoms with Crippen LogP contribution in [0.4, 0.5) is 0 Å². The number of halogens is 2. The summed E-state index contributed by atoms with van der Waals surface area (Å²) >= 11 is 0. The first-order chi connectivity index (χ1) is 5.02. The lowest BCUT2D eigenvalue weighted by Gasteiger charge is -2.26. The lowest BCUT2D eigenvalue weighted by molar-refractivity contribution is 0.264. The molecule has 0 bridgehead atoms. The van der Waals surface area contributed by atoms with Crippen LogP contribution in [0.5, 0.6) is 0 Å². The normalized spacial score (nSPS) is 12.7. The van der Waals surface area contributed by atoms with Gasteiger partial charge in [-0.2, -0.15) is 0 Å². The highest BCUT2D eigenvalue weighted by molar-refractivity contribution is 5.85. The highest BCUT2D eigenvalue weighted by atomic mass is 35.5. The number of hydrogen-bond acceptors (Lipinski definition) is 2. The standard InChI is InChI=1S/C9H22N2.2ClH/c1-8(7-11)6-9(2,3)4-5-10;;/h8H,4-7,10-11H2,1-3H3;2*1H. The predicted molar refractivity (Wildman–Crippen MR) is 64.8 cm³/mol. The summed E-state index contributed by atoms with van der Waals surface area (Å²) in [7, 11) is 0. The molecule has 4 heteroatoms. The first-order valence-electron chi connectivity index (χ1n) is 4.42. The molecule has 0 aliphatic rings. The van der Waals surface area contributed by atoms with E-state index in [0.717, 1.165) is 19.5 Å². The second-order valence-electron chi connectivity index (χ2n) is 4.25. The monoisotopic (exact) mass is 230 g/mol. The molecule has 1 atom stereocenters. The van der Waals surface area contributed by atoms with Crippen LogP contribution in [0.25, 0.3) is 0 Å². The van der Waals surface area contributed by atoms with E-state index in [9.17, 15) is 0 Å². The molecule has 0 aromatic heterocycles. The van der Waals surface area contributed by atoms with Crippen LogP contribution in [0.1, 0.15) is 33.6 Å². The van der Waals surface area contributed by atoms with Gasteiger partial charge >= 0.3 is 0 Å². The Hall–Kier alpha value is 0.500. The summed E-state index contributed by atoms with van der Waals surface area (Å²) in [5, 5.41) is 0. The van der Waals surface area contributed by atoms with Crippen molar-refractivity contribution in [1.29, 1.82) is 0 Å². The van der Waals surface area contributed by atoms with Crippen molar-refractivity contribution in [1.82, 2.24) is 0 Å². The molecular weight excluding hydrogens is 207 g/mol. The minimum Gasteiger partial charge on any atom is -0.330 e. The Balaban J connectivity index is -0.000000500. The van der Waals surface area contributed by atoms with Crippen molar-refractivity contribution >= 4 is 24.8 Å². The second kappa shape index (κ2) is 9.07. The van der Waals surface area contributed by atoms with E-state index < -0.39 is 0 Å². The highest BCUT2D eigenvalue weighted by Gasteiger charge is 2.19. The Morgan fingerprint density at radius 2 is 1.62 bits per heavy atom. The molecule has 0 radical (unpaired) electrons. The van der Waals surface area contributed by atoms with Crippen LogP contribution >= 0.6 is 24.8 Å². The van der Waals surface area contributed by atoms with Crippen LogP contribution in [0.3, 0.4) is 0 Å². The van der Waals surface area contributed by atoms with Crippen LogP contribution < -0.4 is 11.5 Å². The molecule has 2 nitrogen and oxygen atoms in total. The Kier molecular flexibility index (Phi) is 13.3. The van der Waals surface area contributed by atoms with E-state index in [-0.39, 0.29) is 24.8 Å². The Morgan fingerprint density at radius 3 is 1.92 bits per heavy atom. The lowest BCUT2D eigenvalue weighted by atomic mass is 9.81. The van der Waals surface area contributed by atoms with E-state index in [4.69, 9.17) is 11.5 Å². The van der Waals surface area contributed by atoms with E-state index in [1.165, 1.54) is 6.42 Å². The van der Waals surface area contributed by atoms with Gasteiger partial charge in [0.15, 0.2) is 0 Å². The average molecular weight is 231 g/mol. The van der Waals surface area contributed by atoms with E-state index in [1.54, 1.807) is 0 Å². The fourth-order valence-electron chi connectivity index (χ4n) is 1.52. The van der Waals surface area contributed by atoms with Crippen molar-refractivity contribution in [3.8, 4) is 0 Å². The van der Waals surface area contributed by atoms with Crippen molar-refractivity contribution in [3.05, 3.63) is 0 Å². The van der Waals surface area contributed by atoms with Gasteiger partial charge in [0.05, 0.1) is 0 Å². The van der Waals surface area contributed by atoms with Crippen molar-refractivity contribution in [2.75, 3.05) is 13.1 Å². The molecule has 0 fully saturated rings. The van der Waals surface area contributed by atoms with Crippen molar-refractivity contribution < 1.29 is 0 Å². The second-order valence-corrected chi connectivity index (χ2v) is 4.25. The van der Waals surface area contributed by atoms with E-state index in [1.807, 2.05) is 0 Å². The van der Waals surface area contributed by atoms with Gasteiger partial charge in [-0.05, 0) is 37.3 Å². The quantitative estimate of drug-likeness (QED) is 0.762. The summed E-state index contributed by atoms with van der Waals surface area (Å²) < 4.78 is 0. The van der Waals surface area contributed by atoms with Gasteiger partial charge in [-0.3, -0.25) is 0 Å². The fraction of sp³-hybridized carbons (Fsp3) is 1.00. The van der Waals surface area contributed by atoms with Gasteiger partial charge in [0.1, 0.15) is 0 Å². The van der Waals surface area contributed by atoms with Crippen LogP contribution in [-0.4, -0.2) is 13.1 Å². The molecule has 0 amide bonds. The fourth-order valence-corrected chi connectivity index (χ4v) is 1.52. The zero-order valence-corrected chi connectivity index (χ0v) is 10.5. The molecule has 4 N–H and O–H groups in total. The highest BCUT2D eigenvalue weighted by Crippen LogP contribution is 2.27. The average Bonchev–Trinajstić information content (AvgIpc) is 1.86. The number of hydrogen-bond donors (Lipinski definition) is 2. The van der Waals surface area contributed by atoms with E-state index >= 15 is 0 Å². The summed E-state index contributed by atoms with van der Waals surface area (Å²) in [6.07, 6.45) is 2.28. The molecule has 0 saturated heterocycles. The van der Waals surface area contributed by atoms with Crippen LogP contribution in [-0.2, 0) is 0 Å². The molecular formula is C9H24Cl2N2. The summed E-state index contributed by atoms with van der Waals surface area (Å²) in [6, 6.07) is 0. The summed E-state index contributed by atoms with van der Waals surface area (Å²) in [6.45, 7) is 8.27. The first kappa shape index (κ1) is 19.1. The molecule has 0 spiro atoms. The Bertz CT molecular complexity index is 108. The van der Waals surface area contributed by atoms with Gasteiger partial charge < -0.3 is 11.5 Å². The van der Waals surface area contributed by atoms with Gasteiger partial charge in [0, 0.05) is 0 Å². The zero-order chi connectivity index (χ0) is 8.91. The summed E-state index contributed by atoms with van der Waals surface area (Å²) in [5.41, 5.74) is 11.4. The van der Waals surface area contributed by atoms with Gasteiger partial charge in [0.2, 0.25) is 0 Å². The maximum absolute atomic E-state index is 5.54.